The number of rotatable bonds is 6. The number of ether oxygens (including phenoxy) is 1. The fourth-order valence-electron chi connectivity index (χ4n) is 2.69. The van der Waals surface area contributed by atoms with Gasteiger partial charge in [-0.2, -0.15) is 0 Å². The van der Waals surface area contributed by atoms with Gasteiger partial charge in [-0.3, -0.25) is 4.90 Å². The number of piperidine rings is 1. The standard InChI is InChI=1S/C16H23NO3/c1-2-10-20-14-7-5-9-17(12-14)11-13-6-3-4-8-15(13)16(18)19/h3-4,6,8,14H,2,5,7,9-12H2,1H3,(H,18,19). The molecule has 4 nitrogen and oxygen atoms in total. The molecule has 0 amide bonds. The van der Waals surface area contributed by atoms with Gasteiger partial charge < -0.3 is 9.84 Å². The molecule has 0 aromatic heterocycles. The van der Waals surface area contributed by atoms with Gasteiger partial charge in [0.1, 0.15) is 0 Å². The second kappa shape index (κ2) is 7.41. The quantitative estimate of drug-likeness (QED) is 0.868. The van der Waals surface area contributed by atoms with Crippen molar-refractivity contribution in [2.75, 3.05) is 19.7 Å². The fourth-order valence-corrected chi connectivity index (χ4v) is 2.69. The summed E-state index contributed by atoms with van der Waals surface area (Å²) in [5.41, 5.74) is 1.29. The summed E-state index contributed by atoms with van der Waals surface area (Å²) in [5, 5.41) is 9.22. The summed E-state index contributed by atoms with van der Waals surface area (Å²) >= 11 is 0. The van der Waals surface area contributed by atoms with Crippen LogP contribution in [0.25, 0.3) is 0 Å². The normalized spacial score (nSPS) is 19.9. The van der Waals surface area contributed by atoms with Crippen LogP contribution in [-0.4, -0.2) is 41.8 Å². The van der Waals surface area contributed by atoms with Crippen molar-refractivity contribution in [1.29, 1.82) is 0 Å². The predicted octanol–water partition coefficient (Wildman–Crippen LogP) is 2.78. The number of nitrogens with zero attached hydrogens (tertiary/aromatic N) is 1. The number of likely N-dealkylation sites (tertiary alicyclic amines) is 1. The number of hydrogen-bond donors (Lipinski definition) is 1. The number of carbonyl (C=O) groups is 1. The average molecular weight is 277 g/mol. The van der Waals surface area contributed by atoms with Crippen LogP contribution in [0.3, 0.4) is 0 Å². The molecule has 0 saturated carbocycles. The van der Waals surface area contributed by atoms with Gasteiger partial charge in [0, 0.05) is 19.7 Å². The molecule has 1 saturated heterocycles. The largest absolute Gasteiger partial charge is 0.478 e. The van der Waals surface area contributed by atoms with Crippen LogP contribution in [0, 0.1) is 0 Å². The van der Waals surface area contributed by atoms with Crippen LogP contribution in [-0.2, 0) is 11.3 Å². The van der Waals surface area contributed by atoms with Gasteiger partial charge >= 0.3 is 5.97 Å². The van der Waals surface area contributed by atoms with E-state index in [2.05, 4.69) is 11.8 Å². The highest BCUT2D eigenvalue weighted by Gasteiger charge is 2.21. The van der Waals surface area contributed by atoms with Crippen LogP contribution in [0.2, 0.25) is 0 Å². The zero-order valence-electron chi connectivity index (χ0n) is 12.0. The van der Waals surface area contributed by atoms with E-state index in [1.54, 1.807) is 12.1 Å². The summed E-state index contributed by atoms with van der Waals surface area (Å²) in [6.07, 6.45) is 3.56. The van der Waals surface area contributed by atoms with Gasteiger partial charge in [-0.25, -0.2) is 4.79 Å². The Morgan fingerprint density at radius 1 is 1.45 bits per heavy atom. The zero-order chi connectivity index (χ0) is 14.4. The van der Waals surface area contributed by atoms with Gasteiger partial charge in [0.25, 0.3) is 0 Å². The predicted molar refractivity (Wildman–Crippen MR) is 77.9 cm³/mol. The van der Waals surface area contributed by atoms with Crippen molar-refractivity contribution in [3.63, 3.8) is 0 Å². The van der Waals surface area contributed by atoms with E-state index in [-0.39, 0.29) is 0 Å². The number of carboxylic acids is 1. The minimum absolute atomic E-state index is 0.292. The van der Waals surface area contributed by atoms with Crippen molar-refractivity contribution in [1.82, 2.24) is 4.90 Å². The first-order valence-electron chi connectivity index (χ1n) is 7.36. The summed E-state index contributed by atoms with van der Waals surface area (Å²) in [7, 11) is 0. The maximum absolute atomic E-state index is 11.2. The molecule has 1 fully saturated rings. The highest BCUT2D eigenvalue weighted by atomic mass is 16.5. The molecule has 20 heavy (non-hydrogen) atoms. The molecular formula is C16H23NO3. The topological polar surface area (TPSA) is 49.8 Å². The third kappa shape index (κ3) is 4.05. The Morgan fingerprint density at radius 2 is 2.25 bits per heavy atom. The molecule has 1 aliphatic rings. The average Bonchev–Trinajstić information content (AvgIpc) is 2.46. The highest BCUT2D eigenvalue weighted by Crippen LogP contribution is 2.18. The first kappa shape index (κ1) is 15.0. The molecule has 0 spiro atoms. The van der Waals surface area contributed by atoms with Crippen LogP contribution in [0.15, 0.2) is 24.3 Å². The molecule has 1 aliphatic heterocycles. The van der Waals surface area contributed by atoms with Crippen molar-refractivity contribution < 1.29 is 14.6 Å². The van der Waals surface area contributed by atoms with Gasteiger partial charge in [0.05, 0.1) is 11.7 Å². The molecule has 1 aromatic carbocycles. The third-order valence-corrected chi connectivity index (χ3v) is 3.66. The molecule has 110 valence electrons. The Kier molecular flexibility index (Phi) is 5.56. The lowest BCUT2D eigenvalue weighted by molar-refractivity contribution is -0.00229. The summed E-state index contributed by atoms with van der Waals surface area (Å²) in [6.45, 7) is 5.52. The second-order valence-electron chi connectivity index (χ2n) is 5.33. The minimum atomic E-state index is -0.851. The van der Waals surface area contributed by atoms with Crippen LogP contribution in [0.1, 0.15) is 42.1 Å². The molecular weight excluding hydrogens is 254 g/mol. The Labute approximate surface area is 120 Å². The smallest absolute Gasteiger partial charge is 0.336 e. The maximum atomic E-state index is 11.2. The summed E-state index contributed by atoms with van der Waals surface area (Å²) in [4.78, 5) is 13.5. The summed E-state index contributed by atoms with van der Waals surface area (Å²) in [6, 6.07) is 7.25. The lowest BCUT2D eigenvalue weighted by atomic mass is 10.0. The molecule has 1 unspecified atom stereocenters. The molecule has 1 heterocycles. The van der Waals surface area contributed by atoms with Gasteiger partial charge in [-0.05, 0) is 37.4 Å². The fraction of sp³-hybridized carbons (Fsp3) is 0.562. The van der Waals surface area contributed by atoms with Crippen molar-refractivity contribution in [2.24, 2.45) is 0 Å². The van der Waals surface area contributed by atoms with Crippen molar-refractivity contribution in [2.45, 2.75) is 38.8 Å². The third-order valence-electron chi connectivity index (χ3n) is 3.66. The molecule has 4 heteroatoms. The van der Waals surface area contributed by atoms with Crippen LogP contribution in [0.4, 0.5) is 0 Å². The van der Waals surface area contributed by atoms with E-state index in [4.69, 9.17) is 4.74 Å². The molecule has 1 aromatic rings. The van der Waals surface area contributed by atoms with Gasteiger partial charge in [-0.1, -0.05) is 25.1 Å². The Morgan fingerprint density at radius 3 is 3.00 bits per heavy atom. The number of hydrogen-bond acceptors (Lipinski definition) is 3. The van der Waals surface area contributed by atoms with E-state index in [0.717, 1.165) is 44.5 Å². The van der Waals surface area contributed by atoms with E-state index in [1.807, 2.05) is 12.1 Å². The van der Waals surface area contributed by atoms with Crippen molar-refractivity contribution in [3.05, 3.63) is 35.4 Å². The first-order valence-corrected chi connectivity index (χ1v) is 7.36. The zero-order valence-corrected chi connectivity index (χ0v) is 12.0. The molecule has 1 atom stereocenters. The van der Waals surface area contributed by atoms with Crippen LogP contribution >= 0.6 is 0 Å². The Bertz CT molecular complexity index is 447. The second-order valence-corrected chi connectivity index (χ2v) is 5.33. The van der Waals surface area contributed by atoms with Crippen molar-refractivity contribution >= 4 is 5.97 Å². The van der Waals surface area contributed by atoms with E-state index in [9.17, 15) is 9.90 Å². The van der Waals surface area contributed by atoms with E-state index in [1.165, 1.54) is 0 Å². The van der Waals surface area contributed by atoms with Crippen LogP contribution in [0.5, 0.6) is 0 Å². The van der Waals surface area contributed by atoms with E-state index in [0.29, 0.717) is 18.2 Å². The number of carboxylic acid groups (broad SMARTS) is 1. The summed E-state index contributed by atoms with van der Waals surface area (Å²) in [5.74, 6) is -0.851. The molecule has 0 radical (unpaired) electrons. The Hall–Kier alpha value is -1.39. The highest BCUT2D eigenvalue weighted by molar-refractivity contribution is 5.89. The van der Waals surface area contributed by atoms with E-state index >= 15 is 0 Å². The molecule has 2 rings (SSSR count). The number of aromatic carboxylic acids is 1. The first-order chi connectivity index (χ1) is 9.70. The SMILES string of the molecule is CCCOC1CCCN(Cc2ccccc2C(=O)O)C1. The lowest BCUT2D eigenvalue weighted by Gasteiger charge is -2.32. The lowest BCUT2D eigenvalue weighted by Crippen LogP contribution is -2.39. The van der Waals surface area contributed by atoms with Gasteiger partial charge in [-0.15, -0.1) is 0 Å². The Balaban J connectivity index is 1.97. The summed E-state index contributed by atoms with van der Waals surface area (Å²) < 4.78 is 5.82. The monoisotopic (exact) mass is 277 g/mol. The molecule has 0 bridgehead atoms. The number of benzene rings is 1. The van der Waals surface area contributed by atoms with E-state index < -0.39 is 5.97 Å². The van der Waals surface area contributed by atoms with Gasteiger partial charge in [0.2, 0.25) is 0 Å². The molecule has 0 aliphatic carbocycles. The van der Waals surface area contributed by atoms with Crippen molar-refractivity contribution in [3.8, 4) is 0 Å². The molecule has 1 N–H and O–H groups in total. The van der Waals surface area contributed by atoms with Crippen LogP contribution < -0.4 is 0 Å². The minimum Gasteiger partial charge on any atom is -0.478 e. The van der Waals surface area contributed by atoms with Gasteiger partial charge in [0.15, 0.2) is 0 Å². The maximum Gasteiger partial charge on any atom is 0.336 e.